The molecule has 0 radical (unpaired) electrons. The molecule has 0 fully saturated rings. The van der Waals surface area contributed by atoms with Gasteiger partial charge in [0.05, 0.1) is 31.6 Å². The molecule has 0 atom stereocenters. The summed E-state index contributed by atoms with van der Waals surface area (Å²) in [6.45, 7) is 6.60. The number of hydrogen-bond acceptors (Lipinski definition) is 7. The molecule has 0 aliphatic carbocycles. The zero-order chi connectivity index (χ0) is 20.4. The summed E-state index contributed by atoms with van der Waals surface area (Å²) < 4.78 is 22.6. The summed E-state index contributed by atoms with van der Waals surface area (Å²) in [5, 5.41) is 0.136. The van der Waals surface area contributed by atoms with Crippen LogP contribution >= 0.6 is 11.6 Å². The maximum atomic E-state index is 13.2. The molecular weight excluding hydrogens is 375 g/mol. The fourth-order valence-electron chi connectivity index (χ4n) is 1.69. The van der Waals surface area contributed by atoms with Crippen LogP contribution in [0.5, 0.6) is 5.75 Å². The van der Waals surface area contributed by atoms with Gasteiger partial charge in [0, 0.05) is 17.4 Å². The Kier molecular flexibility index (Phi) is 8.61. The summed E-state index contributed by atoms with van der Waals surface area (Å²) in [6.07, 6.45) is 5.68. The van der Waals surface area contributed by atoms with E-state index in [1.54, 1.807) is 18.3 Å². The number of carbonyl (C=O) groups excluding carboxylic acids is 1. The Bertz CT molecular complexity index is 857. The Morgan fingerprint density at radius 1 is 1.33 bits per heavy atom. The number of esters is 1. The Morgan fingerprint density at radius 2 is 2.04 bits per heavy atom. The number of methoxy groups -OCH3 is 2. The fraction of sp³-hybridized carbons (Fsp3) is 0.111. The number of aromatic nitrogens is 3. The SMILES string of the molecule is C=C(Cl)/C=C(\C(=C)F)c1ncc(OC)c(N)n1.COC(=O)c1cccnc1. The monoisotopic (exact) mass is 392 g/mol. The van der Waals surface area contributed by atoms with Gasteiger partial charge in [-0.1, -0.05) is 24.8 Å². The predicted molar refractivity (Wildman–Crippen MR) is 102 cm³/mol. The number of carbonyl (C=O) groups is 1. The lowest BCUT2D eigenvalue weighted by atomic mass is 10.2. The molecule has 0 aromatic carbocycles. The first-order chi connectivity index (χ1) is 12.8. The van der Waals surface area contributed by atoms with Crippen molar-refractivity contribution in [2.75, 3.05) is 20.0 Å². The van der Waals surface area contributed by atoms with Crippen molar-refractivity contribution in [3.63, 3.8) is 0 Å². The van der Waals surface area contributed by atoms with Crippen molar-refractivity contribution in [3.8, 4) is 5.75 Å². The number of halogens is 2. The lowest BCUT2D eigenvalue weighted by Gasteiger charge is -2.06. The van der Waals surface area contributed by atoms with E-state index in [1.165, 1.54) is 32.7 Å². The second-order valence-corrected chi connectivity index (χ2v) is 5.28. The van der Waals surface area contributed by atoms with Crippen molar-refractivity contribution >= 4 is 29.0 Å². The second-order valence-electron chi connectivity index (χ2n) is 4.79. The molecule has 0 amide bonds. The number of rotatable bonds is 5. The normalized spacial score (nSPS) is 10.3. The third kappa shape index (κ3) is 6.87. The van der Waals surface area contributed by atoms with Crippen LogP contribution in [0.15, 0.2) is 60.8 Å². The maximum absolute atomic E-state index is 13.2. The topological polar surface area (TPSA) is 100 Å². The number of allylic oxidation sites excluding steroid dienone is 4. The van der Waals surface area contributed by atoms with Crippen LogP contribution in [0, 0.1) is 0 Å². The molecule has 0 saturated carbocycles. The molecule has 0 bridgehead atoms. The van der Waals surface area contributed by atoms with Gasteiger partial charge in [-0.25, -0.2) is 19.2 Å². The van der Waals surface area contributed by atoms with Crippen molar-refractivity contribution < 1.29 is 18.7 Å². The third-order valence-corrected chi connectivity index (χ3v) is 3.03. The second kappa shape index (κ2) is 10.7. The number of hydrogen-bond donors (Lipinski definition) is 1. The van der Waals surface area contributed by atoms with Gasteiger partial charge in [-0.2, -0.15) is 0 Å². The number of pyridine rings is 1. The molecule has 27 heavy (non-hydrogen) atoms. The van der Waals surface area contributed by atoms with Crippen LogP contribution in [0.1, 0.15) is 16.2 Å². The highest BCUT2D eigenvalue weighted by Crippen LogP contribution is 2.25. The minimum Gasteiger partial charge on any atom is -0.491 e. The molecule has 142 valence electrons. The number of anilines is 1. The first-order valence-electron chi connectivity index (χ1n) is 7.36. The molecule has 0 saturated heterocycles. The summed E-state index contributed by atoms with van der Waals surface area (Å²) >= 11 is 5.57. The summed E-state index contributed by atoms with van der Waals surface area (Å²) in [7, 11) is 2.77. The van der Waals surface area contributed by atoms with E-state index in [2.05, 4.69) is 32.8 Å². The minimum atomic E-state index is -0.726. The number of nitrogens with two attached hydrogens (primary N) is 1. The van der Waals surface area contributed by atoms with Gasteiger partial charge in [0.15, 0.2) is 17.4 Å². The Balaban J connectivity index is 0.000000309. The molecule has 2 rings (SSSR count). The molecule has 0 unspecified atom stereocenters. The van der Waals surface area contributed by atoms with Gasteiger partial charge in [-0.15, -0.1) is 0 Å². The van der Waals surface area contributed by atoms with E-state index in [0.717, 1.165) is 0 Å². The predicted octanol–water partition coefficient (Wildman–Crippen LogP) is 3.55. The molecule has 9 heteroatoms. The van der Waals surface area contributed by atoms with Crippen LogP contribution in [0.4, 0.5) is 10.2 Å². The van der Waals surface area contributed by atoms with Gasteiger partial charge in [0.25, 0.3) is 0 Å². The van der Waals surface area contributed by atoms with Gasteiger partial charge in [-0.3, -0.25) is 4.98 Å². The standard InChI is InChI=1S/C11H11ClFN3O.C7H7NO2/c1-6(12)4-8(7(2)13)11-15-5-9(17-3)10(14)16-11;1-10-7(9)6-3-2-4-8-5-6/h4-5H,1-2H2,3H3,(H2,14,15,16);2-5H,1H3/b8-4+;. The first kappa shape index (κ1) is 21.8. The Labute approximate surface area is 161 Å². The Hall–Kier alpha value is -3.26. The first-order valence-corrected chi connectivity index (χ1v) is 7.74. The van der Waals surface area contributed by atoms with Crippen molar-refractivity contribution in [1.29, 1.82) is 0 Å². The van der Waals surface area contributed by atoms with Crippen molar-refractivity contribution in [2.24, 2.45) is 0 Å². The highest BCUT2D eigenvalue weighted by molar-refractivity contribution is 6.31. The average Bonchev–Trinajstić information content (AvgIpc) is 2.66. The van der Waals surface area contributed by atoms with E-state index >= 15 is 0 Å². The van der Waals surface area contributed by atoms with Gasteiger partial charge < -0.3 is 15.2 Å². The van der Waals surface area contributed by atoms with Gasteiger partial charge in [-0.05, 0) is 18.2 Å². The summed E-state index contributed by atoms with van der Waals surface area (Å²) in [5.41, 5.74) is 6.09. The number of nitrogen functional groups attached to an aromatic ring is 1. The van der Waals surface area contributed by atoms with Crippen LogP contribution in [0.3, 0.4) is 0 Å². The fourth-order valence-corrected chi connectivity index (χ4v) is 1.80. The van der Waals surface area contributed by atoms with Crippen molar-refractivity contribution in [1.82, 2.24) is 15.0 Å². The van der Waals surface area contributed by atoms with Crippen LogP contribution < -0.4 is 10.5 Å². The van der Waals surface area contributed by atoms with Crippen LogP contribution in [-0.4, -0.2) is 35.1 Å². The van der Waals surface area contributed by atoms with Gasteiger partial charge in [0.2, 0.25) is 0 Å². The molecule has 0 aliphatic rings. The van der Waals surface area contributed by atoms with Crippen LogP contribution in [0.2, 0.25) is 0 Å². The lowest BCUT2D eigenvalue weighted by Crippen LogP contribution is -2.02. The summed E-state index contributed by atoms with van der Waals surface area (Å²) in [4.78, 5) is 22.3. The highest BCUT2D eigenvalue weighted by Gasteiger charge is 2.12. The number of nitrogens with zero attached hydrogens (tertiary/aromatic N) is 3. The van der Waals surface area contributed by atoms with Crippen LogP contribution in [-0.2, 0) is 4.74 Å². The van der Waals surface area contributed by atoms with Crippen molar-refractivity contribution in [2.45, 2.75) is 0 Å². The molecule has 2 aromatic rings. The maximum Gasteiger partial charge on any atom is 0.339 e. The third-order valence-electron chi connectivity index (χ3n) is 2.92. The minimum absolute atomic E-state index is 0.0272. The quantitative estimate of drug-likeness (QED) is 0.613. The zero-order valence-corrected chi connectivity index (χ0v) is 15.5. The molecule has 2 N–H and O–H groups in total. The van der Waals surface area contributed by atoms with E-state index < -0.39 is 5.83 Å². The van der Waals surface area contributed by atoms with E-state index in [9.17, 15) is 9.18 Å². The van der Waals surface area contributed by atoms with E-state index in [0.29, 0.717) is 11.3 Å². The van der Waals surface area contributed by atoms with Crippen molar-refractivity contribution in [3.05, 3.63) is 72.2 Å². The van der Waals surface area contributed by atoms with Crippen LogP contribution in [0.25, 0.3) is 5.57 Å². The smallest absolute Gasteiger partial charge is 0.339 e. The Morgan fingerprint density at radius 3 is 2.48 bits per heavy atom. The summed E-state index contributed by atoms with van der Waals surface area (Å²) in [6, 6.07) is 3.34. The largest absolute Gasteiger partial charge is 0.491 e. The van der Waals surface area contributed by atoms with Gasteiger partial charge in [0.1, 0.15) is 5.83 Å². The lowest BCUT2D eigenvalue weighted by molar-refractivity contribution is 0.0600. The molecule has 7 nitrogen and oxygen atoms in total. The molecule has 2 heterocycles. The molecular formula is C18H18ClFN4O3. The molecule has 0 aliphatic heterocycles. The highest BCUT2D eigenvalue weighted by atomic mass is 35.5. The summed E-state index contributed by atoms with van der Waals surface area (Å²) in [5.74, 6) is -0.603. The van der Waals surface area contributed by atoms with E-state index in [-0.39, 0.29) is 28.2 Å². The zero-order valence-electron chi connectivity index (χ0n) is 14.8. The molecule has 0 spiro atoms. The van der Waals surface area contributed by atoms with E-state index in [4.69, 9.17) is 22.1 Å². The molecule has 2 aromatic heterocycles. The van der Waals surface area contributed by atoms with Gasteiger partial charge >= 0.3 is 5.97 Å². The average molecular weight is 393 g/mol. The van der Waals surface area contributed by atoms with E-state index in [1.807, 2.05) is 0 Å². The number of ether oxygens (including phenoxy) is 2.